The molecule has 0 unspecified atom stereocenters. The highest BCUT2D eigenvalue weighted by Crippen LogP contribution is 2.36. The van der Waals surface area contributed by atoms with Crippen LogP contribution in [0.25, 0.3) is 0 Å². The lowest BCUT2D eigenvalue weighted by Crippen LogP contribution is -2.36. The molecule has 0 aromatic carbocycles. The van der Waals surface area contributed by atoms with Crippen LogP contribution in [0.2, 0.25) is 0 Å². The van der Waals surface area contributed by atoms with Crippen molar-refractivity contribution < 1.29 is 14.3 Å². The number of hydrogen-bond acceptors (Lipinski definition) is 5. The summed E-state index contributed by atoms with van der Waals surface area (Å²) in [6.45, 7) is 2.56. The summed E-state index contributed by atoms with van der Waals surface area (Å²) >= 11 is 1.63. The van der Waals surface area contributed by atoms with Crippen molar-refractivity contribution in [2.24, 2.45) is 0 Å². The summed E-state index contributed by atoms with van der Waals surface area (Å²) in [6.07, 6.45) is 4.09. The van der Waals surface area contributed by atoms with Gasteiger partial charge in [0.25, 0.3) is 0 Å². The number of ether oxygens (including phenoxy) is 2. The highest BCUT2D eigenvalue weighted by molar-refractivity contribution is 7.10. The summed E-state index contributed by atoms with van der Waals surface area (Å²) in [6, 6.07) is 9.83. The SMILES string of the molecule is O=C(Cc1cccs1)N1CC[C@]2(C[C@H](OCc3ccccn3)CO2)C1. The Morgan fingerprint density at radius 3 is 3.16 bits per heavy atom. The average Bonchev–Trinajstić information content (AvgIpc) is 3.37. The van der Waals surface area contributed by atoms with Gasteiger partial charge in [0.05, 0.1) is 37.0 Å². The first-order chi connectivity index (χ1) is 12.2. The molecule has 0 aliphatic carbocycles. The van der Waals surface area contributed by atoms with E-state index in [0.29, 0.717) is 26.2 Å². The Hall–Kier alpha value is -1.76. The largest absolute Gasteiger partial charge is 0.370 e. The maximum absolute atomic E-state index is 12.5. The van der Waals surface area contributed by atoms with E-state index in [1.807, 2.05) is 40.6 Å². The minimum atomic E-state index is -0.222. The maximum atomic E-state index is 12.5. The third-order valence-electron chi connectivity index (χ3n) is 4.94. The topological polar surface area (TPSA) is 51.7 Å². The summed E-state index contributed by atoms with van der Waals surface area (Å²) in [5.41, 5.74) is 0.711. The number of nitrogens with zero attached hydrogens (tertiary/aromatic N) is 2. The van der Waals surface area contributed by atoms with Gasteiger partial charge < -0.3 is 14.4 Å². The van der Waals surface area contributed by atoms with Crippen LogP contribution in [0, 0.1) is 0 Å². The Labute approximate surface area is 151 Å². The first-order valence-corrected chi connectivity index (χ1v) is 9.56. The first-order valence-electron chi connectivity index (χ1n) is 8.68. The van der Waals surface area contributed by atoms with Gasteiger partial charge in [0.2, 0.25) is 5.91 Å². The molecular formula is C19H22N2O3S. The fourth-order valence-electron chi connectivity index (χ4n) is 3.61. The molecule has 2 aliphatic heterocycles. The molecule has 1 spiro atoms. The predicted octanol–water partition coefficient (Wildman–Crippen LogP) is 2.66. The van der Waals surface area contributed by atoms with Crippen LogP contribution >= 0.6 is 11.3 Å². The van der Waals surface area contributed by atoms with Gasteiger partial charge in [-0.25, -0.2) is 0 Å². The van der Waals surface area contributed by atoms with Crippen LogP contribution in [0.3, 0.4) is 0 Å². The van der Waals surface area contributed by atoms with Crippen LogP contribution in [0.5, 0.6) is 0 Å². The molecule has 25 heavy (non-hydrogen) atoms. The fraction of sp³-hybridized carbons (Fsp3) is 0.474. The van der Waals surface area contributed by atoms with Crippen molar-refractivity contribution >= 4 is 17.2 Å². The lowest BCUT2D eigenvalue weighted by Gasteiger charge is -2.23. The smallest absolute Gasteiger partial charge is 0.227 e. The zero-order valence-corrected chi connectivity index (χ0v) is 14.9. The van der Waals surface area contributed by atoms with Crippen molar-refractivity contribution in [2.45, 2.75) is 37.6 Å². The summed E-state index contributed by atoms with van der Waals surface area (Å²) in [5, 5.41) is 2.01. The van der Waals surface area contributed by atoms with Gasteiger partial charge in [-0.15, -0.1) is 11.3 Å². The lowest BCUT2D eigenvalue weighted by molar-refractivity contribution is -0.130. The molecule has 2 aliphatic rings. The minimum absolute atomic E-state index is 0.0781. The molecule has 4 heterocycles. The van der Waals surface area contributed by atoms with Crippen LogP contribution in [0.4, 0.5) is 0 Å². The second-order valence-electron chi connectivity index (χ2n) is 6.77. The zero-order valence-electron chi connectivity index (χ0n) is 14.1. The Balaban J connectivity index is 1.28. The highest BCUT2D eigenvalue weighted by atomic mass is 32.1. The molecule has 0 N–H and O–H groups in total. The summed E-state index contributed by atoms with van der Waals surface area (Å²) < 4.78 is 12.0. The number of thiophene rings is 1. The number of likely N-dealkylation sites (tertiary alicyclic amines) is 1. The van der Waals surface area contributed by atoms with Crippen LogP contribution in [-0.2, 0) is 27.3 Å². The number of aromatic nitrogens is 1. The van der Waals surface area contributed by atoms with Crippen molar-refractivity contribution in [3.8, 4) is 0 Å². The predicted molar refractivity (Wildman–Crippen MR) is 95.3 cm³/mol. The number of amides is 1. The van der Waals surface area contributed by atoms with Gasteiger partial charge in [-0.3, -0.25) is 9.78 Å². The Morgan fingerprint density at radius 2 is 2.36 bits per heavy atom. The summed E-state index contributed by atoms with van der Waals surface area (Å²) in [7, 11) is 0. The molecule has 0 radical (unpaired) electrons. The molecule has 2 saturated heterocycles. The molecule has 4 rings (SSSR count). The molecule has 0 saturated carbocycles. The lowest BCUT2D eigenvalue weighted by atomic mass is 9.98. The van der Waals surface area contributed by atoms with Crippen molar-refractivity contribution in [1.29, 1.82) is 0 Å². The van der Waals surface area contributed by atoms with Crippen LogP contribution < -0.4 is 0 Å². The van der Waals surface area contributed by atoms with E-state index in [1.165, 1.54) is 0 Å². The summed E-state index contributed by atoms with van der Waals surface area (Å²) in [4.78, 5) is 19.8. The highest BCUT2D eigenvalue weighted by Gasteiger charge is 2.47. The molecule has 2 fully saturated rings. The third-order valence-corrected chi connectivity index (χ3v) is 5.82. The maximum Gasteiger partial charge on any atom is 0.227 e. The second kappa shape index (κ2) is 7.23. The van der Waals surface area contributed by atoms with E-state index in [-0.39, 0.29) is 17.6 Å². The van der Waals surface area contributed by atoms with Crippen molar-refractivity contribution in [1.82, 2.24) is 9.88 Å². The quantitative estimate of drug-likeness (QED) is 0.825. The van der Waals surface area contributed by atoms with Crippen LogP contribution in [0.1, 0.15) is 23.4 Å². The molecule has 6 heteroatoms. The Kier molecular flexibility index (Phi) is 4.83. The monoisotopic (exact) mass is 358 g/mol. The minimum Gasteiger partial charge on any atom is -0.370 e. The number of carbonyl (C=O) groups is 1. The Morgan fingerprint density at radius 1 is 1.40 bits per heavy atom. The molecular weight excluding hydrogens is 336 g/mol. The average molecular weight is 358 g/mol. The van der Waals surface area contributed by atoms with E-state index >= 15 is 0 Å². The molecule has 0 bridgehead atoms. The van der Waals surface area contributed by atoms with E-state index in [4.69, 9.17) is 9.47 Å². The van der Waals surface area contributed by atoms with Crippen molar-refractivity contribution in [2.75, 3.05) is 19.7 Å². The molecule has 132 valence electrons. The van der Waals surface area contributed by atoms with E-state index < -0.39 is 0 Å². The number of hydrogen-bond donors (Lipinski definition) is 0. The van der Waals surface area contributed by atoms with Gasteiger partial charge in [-0.1, -0.05) is 12.1 Å². The van der Waals surface area contributed by atoms with Crippen LogP contribution in [-0.4, -0.2) is 47.2 Å². The summed E-state index contributed by atoms with van der Waals surface area (Å²) in [5.74, 6) is 0.195. The van der Waals surface area contributed by atoms with Crippen molar-refractivity contribution in [3.63, 3.8) is 0 Å². The zero-order chi connectivity index (χ0) is 17.1. The Bertz CT molecular complexity index is 707. The van der Waals surface area contributed by atoms with E-state index in [0.717, 1.165) is 30.0 Å². The van der Waals surface area contributed by atoms with Gasteiger partial charge in [-0.2, -0.15) is 0 Å². The molecule has 1 amide bonds. The fourth-order valence-corrected chi connectivity index (χ4v) is 4.31. The van der Waals surface area contributed by atoms with Crippen LogP contribution in [0.15, 0.2) is 41.9 Å². The van der Waals surface area contributed by atoms with E-state index in [9.17, 15) is 4.79 Å². The van der Waals surface area contributed by atoms with Gasteiger partial charge in [0, 0.05) is 30.6 Å². The molecule has 2 aromatic rings. The first kappa shape index (κ1) is 16.7. The molecule has 2 atom stereocenters. The van der Waals surface area contributed by atoms with Gasteiger partial charge >= 0.3 is 0 Å². The second-order valence-corrected chi connectivity index (χ2v) is 7.81. The normalized spacial score (nSPS) is 25.8. The van der Waals surface area contributed by atoms with E-state index in [2.05, 4.69) is 4.98 Å². The number of pyridine rings is 1. The molecule has 5 nitrogen and oxygen atoms in total. The number of carbonyl (C=O) groups excluding carboxylic acids is 1. The van der Waals surface area contributed by atoms with Gasteiger partial charge in [0.1, 0.15) is 0 Å². The van der Waals surface area contributed by atoms with Crippen molar-refractivity contribution in [3.05, 3.63) is 52.5 Å². The number of rotatable bonds is 5. The van der Waals surface area contributed by atoms with Gasteiger partial charge in [0.15, 0.2) is 0 Å². The van der Waals surface area contributed by atoms with Gasteiger partial charge in [-0.05, 0) is 30.0 Å². The third kappa shape index (κ3) is 3.92. The molecule has 2 aromatic heterocycles. The van der Waals surface area contributed by atoms with E-state index in [1.54, 1.807) is 17.5 Å². The standard InChI is InChI=1S/C19H22N2O3S/c22-18(10-17-5-3-9-25-17)21-8-6-19(14-21)11-16(13-24-19)23-12-15-4-1-2-7-20-15/h1-5,7,9,16H,6,8,10-14H2/t16-,19-/m0/s1.